The van der Waals surface area contributed by atoms with Crippen molar-refractivity contribution in [3.63, 3.8) is 0 Å². The minimum Gasteiger partial charge on any atom is -0.462 e. The van der Waals surface area contributed by atoms with Gasteiger partial charge in [-0.2, -0.15) is 0 Å². The van der Waals surface area contributed by atoms with Gasteiger partial charge in [-0.05, 0) is 64.2 Å². The molecule has 9 heteroatoms. The number of carbonyl (C=O) groups is 2. The molecule has 0 aromatic rings. The highest BCUT2D eigenvalue weighted by Gasteiger charge is 2.22. The van der Waals surface area contributed by atoms with E-state index in [9.17, 15) is 14.2 Å². The lowest BCUT2D eigenvalue weighted by Crippen LogP contribution is -2.29. The summed E-state index contributed by atoms with van der Waals surface area (Å²) in [5.74, 6) is -1.05. The van der Waals surface area contributed by atoms with E-state index in [2.05, 4.69) is 67.0 Å². The van der Waals surface area contributed by atoms with Crippen LogP contribution in [-0.4, -0.2) is 41.0 Å². The van der Waals surface area contributed by atoms with Crippen LogP contribution in [0.2, 0.25) is 0 Å². The van der Waals surface area contributed by atoms with Crippen LogP contribution in [-0.2, 0) is 28.2 Å². The molecule has 0 aromatic heterocycles. The lowest BCUT2D eigenvalue weighted by Gasteiger charge is -2.18. The van der Waals surface area contributed by atoms with E-state index in [0.29, 0.717) is 12.8 Å². The molecule has 1 atom stereocenters. The fourth-order valence-electron chi connectivity index (χ4n) is 4.38. The average molecular weight is 679 g/mol. The molecule has 0 fully saturated rings. The lowest BCUT2D eigenvalue weighted by atomic mass is 10.1. The Morgan fingerprint density at radius 3 is 1.62 bits per heavy atom. The molecule has 268 valence electrons. The number of hydrogen-bond acceptors (Lipinski definition) is 6. The third-order valence-electron chi connectivity index (χ3n) is 6.99. The Labute approximate surface area is 285 Å². The molecule has 8 nitrogen and oxygen atoms in total. The van der Waals surface area contributed by atoms with Crippen molar-refractivity contribution in [3.05, 3.63) is 72.9 Å². The molecule has 0 aromatic carbocycles. The van der Waals surface area contributed by atoms with E-state index in [1.807, 2.05) is 18.2 Å². The summed E-state index contributed by atoms with van der Waals surface area (Å²) in [6, 6.07) is 0. The first-order chi connectivity index (χ1) is 22.8. The molecule has 0 saturated carbocycles. The van der Waals surface area contributed by atoms with Gasteiger partial charge in [0.1, 0.15) is 6.61 Å². The van der Waals surface area contributed by atoms with Gasteiger partial charge < -0.3 is 19.3 Å². The average Bonchev–Trinajstić information content (AvgIpc) is 3.03. The summed E-state index contributed by atoms with van der Waals surface area (Å²) in [4.78, 5) is 42.5. The Morgan fingerprint density at radius 2 is 1.09 bits per heavy atom. The zero-order valence-electron chi connectivity index (χ0n) is 29.1. The first-order valence-electron chi connectivity index (χ1n) is 17.7. The van der Waals surface area contributed by atoms with E-state index in [-0.39, 0.29) is 19.4 Å². The van der Waals surface area contributed by atoms with Crippen LogP contribution in [0, 0.1) is 0 Å². The Morgan fingerprint density at radius 1 is 0.596 bits per heavy atom. The molecule has 0 heterocycles. The number of phosphoric acid groups is 1. The third-order valence-corrected chi connectivity index (χ3v) is 7.48. The minimum atomic E-state index is -4.78. The van der Waals surface area contributed by atoms with Crippen LogP contribution in [0.3, 0.4) is 0 Å². The number of carbonyl (C=O) groups excluding carboxylic acids is 2. The number of hydrogen-bond donors (Lipinski definition) is 2. The van der Waals surface area contributed by atoms with Crippen LogP contribution in [0.25, 0.3) is 0 Å². The maximum Gasteiger partial charge on any atom is 0.469 e. The highest BCUT2D eigenvalue weighted by molar-refractivity contribution is 7.46. The van der Waals surface area contributed by atoms with Crippen molar-refractivity contribution in [1.29, 1.82) is 0 Å². The van der Waals surface area contributed by atoms with Crippen molar-refractivity contribution >= 4 is 19.8 Å². The smallest absolute Gasteiger partial charge is 0.462 e. The van der Waals surface area contributed by atoms with Crippen molar-refractivity contribution in [2.24, 2.45) is 0 Å². The Hall–Kier alpha value is -2.51. The lowest BCUT2D eigenvalue weighted by molar-refractivity contribution is -0.160. The van der Waals surface area contributed by atoms with Crippen molar-refractivity contribution in [3.8, 4) is 0 Å². The fraction of sp³-hybridized carbons (Fsp3) is 0.632. The predicted octanol–water partition coefficient (Wildman–Crippen LogP) is 10.3. The van der Waals surface area contributed by atoms with Gasteiger partial charge in [0.25, 0.3) is 0 Å². The Kier molecular flexibility index (Phi) is 31.6. The van der Waals surface area contributed by atoms with Gasteiger partial charge >= 0.3 is 19.8 Å². The van der Waals surface area contributed by atoms with Gasteiger partial charge in [0.2, 0.25) is 0 Å². The molecule has 0 aliphatic carbocycles. The topological polar surface area (TPSA) is 119 Å². The van der Waals surface area contributed by atoms with E-state index in [4.69, 9.17) is 19.3 Å². The van der Waals surface area contributed by atoms with Crippen LogP contribution >= 0.6 is 7.82 Å². The van der Waals surface area contributed by atoms with Gasteiger partial charge in [-0.15, -0.1) is 0 Å². The van der Waals surface area contributed by atoms with Gasteiger partial charge in [-0.25, -0.2) is 4.57 Å². The normalized spacial score (nSPS) is 13.4. The predicted molar refractivity (Wildman–Crippen MR) is 193 cm³/mol. The largest absolute Gasteiger partial charge is 0.469 e. The highest BCUT2D eigenvalue weighted by Crippen LogP contribution is 2.35. The van der Waals surface area contributed by atoms with Crippen LogP contribution < -0.4 is 0 Å². The molecule has 0 aliphatic rings. The summed E-state index contributed by atoms with van der Waals surface area (Å²) in [7, 11) is -4.78. The zero-order chi connectivity index (χ0) is 34.7. The SMILES string of the molecule is CC/C=C\C/C=C\C/C=C\C/C=C\C/C=C\CC(=O)OC(COC(=O)CCCCCCC/C=C\CCCCCCC)COP(=O)(O)O. The Bertz CT molecular complexity index is 990. The fourth-order valence-corrected chi connectivity index (χ4v) is 4.74. The molecule has 0 saturated heterocycles. The van der Waals surface area contributed by atoms with E-state index in [0.717, 1.165) is 57.8 Å². The summed E-state index contributed by atoms with van der Waals surface area (Å²) in [5.41, 5.74) is 0. The molecule has 47 heavy (non-hydrogen) atoms. The van der Waals surface area contributed by atoms with Crippen LogP contribution in [0.1, 0.15) is 136 Å². The van der Waals surface area contributed by atoms with Crippen LogP contribution in [0.4, 0.5) is 0 Å². The van der Waals surface area contributed by atoms with Crippen molar-refractivity contribution in [2.45, 2.75) is 142 Å². The summed E-state index contributed by atoms with van der Waals surface area (Å²) < 4.78 is 26.1. The highest BCUT2D eigenvalue weighted by atomic mass is 31.2. The van der Waals surface area contributed by atoms with Crippen molar-refractivity contribution in [2.75, 3.05) is 13.2 Å². The minimum absolute atomic E-state index is 0.0251. The first kappa shape index (κ1) is 44.5. The number of phosphoric ester groups is 1. The zero-order valence-corrected chi connectivity index (χ0v) is 30.0. The monoisotopic (exact) mass is 678 g/mol. The van der Waals surface area contributed by atoms with Crippen LogP contribution in [0.5, 0.6) is 0 Å². The first-order valence-corrected chi connectivity index (χ1v) is 19.3. The summed E-state index contributed by atoms with van der Waals surface area (Å²) >= 11 is 0. The van der Waals surface area contributed by atoms with Gasteiger partial charge in [-0.1, -0.05) is 132 Å². The van der Waals surface area contributed by atoms with E-state index < -0.39 is 32.5 Å². The third kappa shape index (κ3) is 36.2. The van der Waals surface area contributed by atoms with Gasteiger partial charge in [0.15, 0.2) is 6.10 Å². The molecule has 0 rings (SSSR count). The maximum atomic E-state index is 12.3. The number of ether oxygens (including phenoxy) is 2. The summed E-state index contributed by atoms with van der Waals surface area (Å²) in [6.45, 7) is 3.44. The second-order valence-corrected chi connectivity index (χ2v) is 12.7. The second kappa shape index (κ2) is 33.4. The van der Waals surface area contributed by atoms with Gasteiger partial charge in [0.05, 0.1) is 13.0 Å². The molecule has 1 unspecified atom stereocenters. The van der Waals surface area contributed by atoms with Gasteiger partial charge in [0, 0.05) is 6.42 Å². The second-order valence-electron chi connectivity index (χ2n) is 11.5. The van der Waals surface area contributed by atoms with E-state index >= 15 is 0 Å². The summed E-state index contributed by atoms with van der Waals surface area (Å²) in [5, 5.41) is 0. The number of rotatable bonds is 31. The number of unbranched alkanes of at least 4 members (excludes halogenated alkanes) is 10. The molecule has 0 spiro atoms. The quantitative estimate of drug-likeness (QED) is 0.0322. The molecular formula is C38H63O8P. The van der Waals surface area contributed by atoms with Gasteiger partial charge in [-0.3, -0.25) is 14.1 Å². The maximum absolute atomic E-state index is 12.3. The molecule has 2 N–H and O–H groups in total. The number of allylic oxidation sites excluding steroid dienone is 11. The van der Waals surface area contributed by atoms with Crippen molar-refractivity contribution in [1.82, 2.24) is 0 Å². The molecule has 0 bridgehead atoms. The van der Waals surface area contributed by atoms with Crippen LogP contribution in [0.15, 0.2) is 72.9 Å². The Balaban J connectivity index is 4.17. The van der Waals surface area contributed by atoms with Crippen molar-refractivity contribution < 1.29 is 37.9 Å². The standard InChI is InChI=1S/C38H63O8P/c1-3-5-7-9-11-13-15-17-19-21-23-25-27-29-31-33-38(40)46-36(35-45-47(41,42)43)34-44-37(39)32-30-28-26-24-22-20-18-16-14-12-10-8-6-4-2/h5,7,11,13,16-19,23,25,29,31,36H,3-4,6,8-10,12,14-15,20-22,24,26-28,30,32-35H2,1-2H3,(H2,41,42,43)/b7-5-,13-11-,18-16-,19-17-,25-23-,31-29-. The molecular weight excluding hydrogens is 615 g/mol. The number of esters is 2. The van der Waals surface area contributed by atoms with E-state index in [1.54, 1.807) is 6.08 Å². The molecule has 0 aliphatic heterocycles. The summed E-state index contributed by atoms with van der Waals surface area (Å²) in [6.07, 6.45) is 42.2. The van der Waals surface area contributed by atoms with E-state index in [1.165, 1.54) is 38.5 Å². The molecule has 0 radical (unpaired) electrons. The molecule has 0 amide bonds.